The summed E-state index contributed by atoms with van der Waals surface area (Å²) in [5.74, 6) is 0.0243. The molecule has 0 bridgehead atoms. The van der Waals surface area contributed by atoms with Gasteiger partial charge < -0.3 is 16.0 Å². The van der Waals surface area contributed by atoms with Gasteiger partial charge in [0.05, 0.1) is 15.6 Å². The van der Waals surface area contributed by atoms with Crippen molar-refractivity contribution in [2.24, 2.45) is 0 Å². The van der Waals surface area contributed by atoms with E-state index in [-0.39, 0.29) is 5.78 Å². The van der Waals surface area contributed by atoms with Crippen molar-refractivity contribution < 1.29 is 4.79 Å². The quantitative estimate of drug-likeness (QED) is 0.773. The molecule has 1 unspecified atom stereocenters. The van der Waals surface area contributed by atoms with E-state index < -0.39 is 0 Å². The van der Waals surface area contributed by atoms with E-state index >= 15 is 0 Å². The molecule has 5 heteroatoms. The fourth-order valence-electron chi connectivity index (χ4n) is 1.20. The van der Waals surface area contributed by atoms with E-state index in [1.807, 2.05) is 20.2 Å². The molecule has 4 nitrogen and oxygen atoms in total. The van der Waals surface area contributed by atoms with Gasteiger partial charge in [0.15, 0.2) is 5.78 Å². The first-order valence-electron chi connectivity index (χ1n) is 5.22. The standard InChI is InChI=1S/C11H19N3OS/c1-7(14(3)4)6-13-10-5-9(12)11(16-10)8(2)15/h5,7,13H,6,12H2,1-4H3. The molecule has 3 N–H and O–H groups in total. The minimum atomic E-state index is 0.0243. The summed E-state index contributed by atoms with van der Waals surface area (Å²) in [4.78, 5) is 14.0. The molecule has 1 atom stereocenters. The molecule has 90 valence electrons. The van der Waals surface area contributed by atoms with Crippen LogP contribution in [0.2, 0.25) is 0 Å². The first-order valence-corrected chi connectivity index (χ1v) is 6.04. The number of hydrogen-bond acceptors (Lipinski definition) is 5. The van der Waals surface area contributed by atoms with Crippen molar-refractivity contribution in [2.45, 2.75) is 19.9 Å². The van der Waals surface area contributed by atoms with Crippen LogP contribution >= 0.6 is 11.3 Å². The molecule has 0 spiro atoms. The highest BCUT2D eigenvalue weighted by atomic mass is 32.1. The van der Waals surface area contributed by atoms with Crippen molar-refractivity contribution in [1.82, 2.24) is 4.90 Å². The highest BCUT2D eigenvalue weighted by molar-refractivity contribution is 7.18. The number of carbonyl (C=O) groups excluding carboxylic acids is 1. The lowest BCUT2D eigenvalue weighted by atomic mass is 10.3. The normalized spacial score (nSPS) is 12.8. The number of nitrogens with one attached hydrogen (secondary N) is 1. The average Bonchev–Trinajstić information content (AvgIpc) is 2.56. The molecule has 0 amide bonds. The van der Waals surface area contributed by atoms with Gasteiger partial charge in [0.25, 0.3) is 0 Å². The maximum absolute atomic E-state index is 11.2. The summed E-state index contributed by atoms with van der Waals surface area (Å²) in [6.07, 6.45) is 0. The summed E-state index contributed by atoms with van der Waals surface area (Å²) in [7, 11) is 4.08. The number of anilines is 2. The number of hydrogen-bond donors (Lipinski definition) is 2. The number of rotatable bonds is 5. The third-order valence-electron chi connectivity index (χ3n) is 2.53. The van der Waals surface area contributed by atoms with E-state index in [4.69, 9.17) is 5.73 Å². The van der Waals surface area contributed by atoms with Crippen LogP contribution in [0.5, 0.6) is 0 Å². The summed E-state index contributed by atoms with van der Waals surface area (Å²) in [6, 6.07) is 2.26. The molecule has 0 aromatic carbocycles. The number of thiophene rings is 1. The van der Waals surface area contributed by atoms with Gasteiger partial charge in [-0.25, -0.2) is 0 Å². The van der Waals surface area contributed by atoms with E-state index in [1.54, 1.807) is 0 Å². The molecular weight excluding hydrogens is 222 g/mol. The predicted molar refractivity (Wildman–Crippen MR) is 70.4 cm³/mol. The van der Waals surface area contributed by atoms with Crippen LogP contribution in [-0.2, 0) is 0 Å². The second-order valence-electron chi connectivity index (χ2n) is 4.14. The fourth-order valence-corrected chi connectivity index (χ4v) is 2.08. The van der Waals surface area contributed by atoms with Crippen molar-refractivity contribution in [3.05, 3.63) is 10.9 Å². The third kappa shape index (κ3) is 3.21. The topological polar surface area (TPSA) is 58.4 Å². The maximum atomic E-state index is 11.2. The zero-order valence-electron chi connectivity index (χ0n) is 10.2. The Balaban J connectivity index is 2.62. The zero-order chi connectivity index (χ0) is 12.3. The molecule has 0 fully saturated rings. The van der Waals surface area contributed by atoms with E-state index in [0.717, 1.165) is 11.5 Å². The lowest BCUT2D eigenvalue weighted by Gasteiger charge is -2.19. The Morgan fingerprint density at radius 2 is 2.25 bits per heavy atom. The maximum Gasteiger partial charge on any atom is 0.171 e. The molecule has 0 aliphatic carbocycles. The highest BCUT2D eigenvalue weighted by Gasteiger charge is 2.11. The van der Waals surface area contributed by atoms with Gasteiger partial charge in [-0.3, -0.25) is 4.79 Å². The molecule has 1 aromatic rings. The molecule has 0 aliphatic heterocycles. The first kappa shape index (κ1) is 13.0. The van der Waals surface area contributed by atoms with Crippen LogP contribution < -0.4 is 11.1 Å². The molecule has 0 aliphatic rings. The lowest BCUT2D eigenvalue weighted by molar-refractivity contribution is 0.102. The van der Waals surface area contributed by atoms with Gasteiger partial charge in [0.1, 0.15) is 0 Å². The number of Topliss-reactive ketones (excluding diaryl/α,β-unsaturated/α-hetero) is 1. The number of ketones is 1. The minimum absolute atomic E-state index is 0.0243. The summed E-state index contributed by atoms with van der Waals surface area (Å²) in [5.41, 5.74) is 6.31. The lowest BCUT2D eigenvalue weighted by Crippen LogP contribution is -2.31. The Labute approximate surface area is 100 Å². The van der Waals surface area contributed by atoms with E-state index in [2.05, 4.69) is 17.1 Å². The van der Waals surface area contributed by atoms with Gasteiger partial charge in [-0.2, -0.15) is 0 Å². The van der Waals surface area contributed by atoms with Crippen LogP contribution in [-0.4, -0.2) is 37.4 Å². The summed E-state index contributed by atoms with van der Waals surface area (Å²) in [5, 5.41) is 4.24. The molecular formula is C11H19N3OS. The number of carbonyl (C=O) groups is 1. The molecule has 0 radical (unpaired) electrons. The van der Waals surface area contributed by atoms with E-state index in [9.17, 15) is 4.79 Å². The number of likely N-dealkylation sites (N-methyl/N-ethyl adjacent to an activating group) is 1. The number of nitrogens with two attached hydrogens (primary N) is 1. The fraction of sp³-hybridized carbons (Fsp3) is 0.545. The van der Waals surface area contributed by atoms with E-state index in [0.29, 0.717) is 16.6 Å². The van der Waals surface area contributed by atoms with Gasteiger partial charge in [0, 0.05) is 19.5 Å². The van der Waals surface area contributed by atoms with Crippen molar-refractivity contribution >= 4 is 27.8 Å². The second kappa shape index (κ2) is 5.32. The van der Waals surface area contributed by atoms with Gasteiger partial charge in [-0.1, -0.05) is 0 Å². The van der Waals surface area contributed by atoms with Crippen molar-refractivity contribution in [2.75, 3.05) is 31.7 Å². The minimum Gasteiger partial charge on any atom is -0.397 e. The molecule has 1 aromatic heterocycles. The predicted octanol–water partition coefficient (Wildman–Crippen LogP) is 1.89. The van der Waals surface area contributed by atoms with Crippen LogP contribution in [0, 0.1) is 0 Å². The molecule has 1 heterocycles. The highest BCUT2D eigenvalue weighted by Crippen LogP contribution is 2.29. The van der Waals surface area contributed by atoms with Crippen molar-refractivity contribution in [1.29, 1.82) is 0 Å². The summed E-state index contributed by atoms with van der Waals surface area (Å²) < 4.78 is 0. The first-order chi connectivity index (χ1) is 7.41. The third-order valence-corrected chi connectivity index (χ3v) is 3.74. The average molecular weight is 241 g/mol. The van der Waals surface area contributed by atoms with Gasteiger partial charge >= 0.3 is 0 Å². The smallest absolute Gasteiger partial charge is 0.171 e. The Hall–Kier alpha value is -1.07. The molecule has 16 heavy (non-hydrogen) atoms. The largest absolute Gasteiger partial charge is 0.397 e. The Morgan fingerprint density at radius 3 is 2.69 bits per heavy atom. The number of nitrogen functional groups attached to an aromatic ring is 1. The Kier molecular flexibility index (Phi) is 4.32. The van der Waals surface area contributed by atoms with Gasteiger partial charge in [-0.05, 0) is 27.1 Å². The SMILES string of the molecule is CC(=O)c1sc(NCC(C)N(C)C)cc1N. The van der Waals surface area contributed by atoms with Crippen molar-refractivity contribution in [3.8, 4) is 0 Å². The molecule has 1 rings (SSSR count). The molecule has 0 saturated carbocycles. The summed E-state index contributed by atoms with van der Waals surface area (Å²) >= 11 is 1.42. The molecule has 0 saturated heterocycles. The van der Waals surface area contributed by atoms with E-state index in [1.165, 1.54) is 18.3 Å². The van der Waals surface area contributed by atoms with Crippen LogP contribution in [0.4, 0.5) is 10.7 Å². The van der Waals surface area contributed by atoms with Gasteiger partial charge in [0.2, 0.25) is 0 Å². The van der Waals surface area contributed by atoms with Crippen LogP contribution in [0.15, 0.2) is 6.07 Å². The van der Waals surface area contributed by atoms with Crippen LogP contribution in [0.1, 0.15) is 23.5 Å². The Morgan fingerprint density at radius 1 is 1.62 bits per heavy atom. The number of nitrogens with zero attached hydrogens (tertiary/aromatic N) is 1. The van der Waals surface area contributed by atoms with Crippen LogP contribution in [0.3, 0.4) is 0 Å². The second-order valence-corrected chi connectivity index (χ2v) is 5.20. The van der Waals surface area contributed by atoms with Crippen LogP contribution in [0.25, 0.3) is 0 Å². The Bertz CT molecular complexity index is 373. The monoisotopic (exact) mass is 241 g/mol. The van der Waals surface area contributed by atoms with Crippen molar-refractivity contribution in [3.63, 3.8) is 0 Å². The van der Waals surface area contributed by atoms with Gasteiger partial charge in [-0.15, -0.1) is 11.3 Å². The zero-order valence-corrected chi connectivity index (χ0v) is 11.0. The summed E-state index contributed by atoms with van der Waals surface area (Å²) in [6.45, 7) is 4.51.